The molecular weight excluding hydrogens is 324 g/mol. The lowest BCUT2D eigenvalue weighted by Crippen LogP contribution is -2.29. The molecule has 2 N–H and O–H groups in total. The van der Waals surface area contributed by atoms with E-state index in [1.165, 1.54) is 4.57 Å². The molecule has 2 aromatic heterocycles. The van der Waals surface area contributed by atoms with Gasteiger partial charge in [0.1, 0.15) is 5.82 Å². The van der Waals surface area contributed by atoms with Crippen molar-refractivity contribution in [2.24, 2.45) is 14.1 Å². The maximum absolute atomic E-state index is 12.0. The van der Waals surface area contributed by atoms with Crippen molar-refractivity contribution in [1.82, 2.24) is 19.1 Å². The SMILES string of the molecule is CCCCOCC(O)CCCCc1nc2c(c(=O)[nH]c(=O)n2C)n1C. The average Bonchev–Trinajstić information content (AvgIpc) is 2.91. The van der Waals surface area contributed by atoms with Gasteiger partial charge in [0, 0.05) is 27.1 Å². The second kappa shape index (κ2) is 8.96. The number of aliphatic hydroxyl groups excluding tert-OH is 1. The third-order valence-electron chi connectivity index (χ3n) is 4.37. The summed E-state index contributed by atoms with van der Waals surface area (Å²) in [7, 11) is 3.37. The average molecular weight is 352 g/mol. The third kappa shape index (κ3) is 4.79. The molecule has 1 atom stereocenters. The van der Waals surface area contributed by atoms with Crippen LogP contribution in [0.15, 0.2) is 9.59 Å². The number of aliphatic hydroxyl groups is 1. The molecule has 0 fully saturated rings. The number of nitrogens with zero attached hydrogens (tertiary/aromatic N) is 3. The highest BCUT2D eigenvalue weighted by atomic mass is 16.5. The number of H-pyrrole nitrogens is 1. The fraction of sp³-hybridized carbons (Fsp3) is 0.706. The van der Waals surface area contributed by atoms with Crippen LogP contribution in [0.25, 0.3) is 11.2 Å². The van der Waals surface area contributed by atoms with Gasteiger partial charge >= 0.3 is 5.69 Å². The van der Waals surface area contributed by atoms with Gasteiger partial charge in [0.2, 0.25) is 0 Å². The fourth-order valence-corrected chi connectivity index (χ4v) is 2.79. The maximum Gasteiger partial charge on any atom is 0.329 e. The van der Waals surface area contributed by atoms with Crippen LogP contribution in [0.4, 0.5) is 0 Å². The summed E-state index contributed by atoms with van der Waals surface area (Å²) in [5.74, 6) is 0.760. The Morgan fingerprint density at radius 1 is 1.20 bits per heavy atom. The Morgan fingerprint density at radius 3 is 2.68 bits per heavy atom. The molecule has 1 unspecified atom stereocenters. The zero-order valence-electron chi connectivity index (χ0n) is 15.2. The van der Waals surface area contributed by atoms with E-state index >= 15 is 0 Å². The molecule has 2 aromatic rings. The van der Waals surface area contributed by atoms with Crippen molar-refractivity contribution >= 4 is 11.2 Å². The molecule has 0 radical (unpaired) electrons. The summed E-state index contributed by atoms with van der Waals surface area (Å²) in [6.45, 7) is 3.18. The van der Waals surface area contributed by atoms with Crippen LogP contribution in [0.3, 0.4) is 0 Å². The molecule has 2 rings (SSSR count). The van der Waals surface area contributed by atoms with Crippen molar-refractivity contribution in [2.45, 2.75) is 51.6 Å². The van der Waals surface area contributed by atoms with Gasteiger partial charge < -0.3 is 14.4 Å². The Bertz CT molecular complexity index is 805. The van der Waals surface area contributed by atoms with Crippen LogP contribution in [-0.2, 0) is 25.3 Å². The quantitative estimate of drug-likeness (QED) is 0.617. The van der Waals surface area contributed by atoms with E-state index in [-0.39, 0.29) is 0 Å². The zero-order valence-corrected chi connectivity index (χ0v) is 15.2. The van der Waals surface area contributed by atoms with Crippen LogP contribution in [0.1, 0.15) is 44.9 Å². The Morgan fingerprint density at radius 2 is 1.96 bits per heavy atom. The van der Waals surface area contributed by atoms with Crippen molar-refractivity contribution in [3.63, 3.8) is 0 Å². The molecule has 140 valence electrons. The lowest BCUT2D eigenvalue weighted by Gasteiger charge is -2.10. The van der Waals surface area contributed by atoms with E-state index in [2.05, 4.69) is 16.9 Å². The number of aryl methyl sites for hydroxylation is 3. The second-order valence-corrected chi connectivity index (χ2v) is 6.41. The molecule has 0 aliphatic heterocycles. The molecule has 0 aliphatic carbocycles. The van der Waals surface area contributed by atoms with Crippen LogP contribution in [-0.4, -0.2) is 43.5 Å². The van der Waals surface area contributed by atoms with Gasteiger partial charge in [0.05, 0.1) is 12.7 Å². The Kier molecular flexibility index (Phi) is 6.95. The molecule has 0 saturated heterocycles. The first-order valence-corrected chi connectivity index (χ1v) is 8.86. The maximum atomic E-state index is 12.0. The number of unbranched alkanes of at least 4 members (excludes halogenated alkanes) is 2. The minimum atomic E-state index is -0.464. The van der Waals surface area contributed by atoms with Crippen LogP contribution in [0.5, 0.6) is 0 Å². The molecule has 8 nitrogen and oxygen atoms in total. The van der Waals surface area contributed by atoms with E-state index in [9.17, 15) is 14.7 Å². The highest BCUT2D eigenvalue weighted by molar-refractivity contribution is 5.70. The van der Waals surface area contributed by atoms with Crippen LogP contribution in [0, 0.1) is 0 Å². The minimum absolute atomic E-state index is 0.379. The van der Waals surface area contributed by atoms with E-state index < -0.39 is 17.4 Å². The number of aromatic amines is 1. The summed E-state index contributed by atoms with van der Waals surface area (Å²) in [6.07, 6.45) is 4.70. The lowest BCUT2D eigenvalue weighted by atomic mass is 10.1. The predicted octanol–water partition coefficient (Wildman–Crippen LogP) is 0.851. The van der Waals surface area contributed by atoms with Crippen molar-refractivity contribution in [1.29, 1.82) is 0 Å². The molecule has 0 bridgehead atoms. The second-order valence-electron chi connectivity index (χ2n) is 6.41. The molecule has 0 spiro atoms. The third-order valence-corrected chi connectivity index (χ3v) is 4.37. The molecule has 25 heavy (non-hydrogen) atoms. The van der Waals surface area contributed by atoms with Crippen molar-refractivity contribution in [3.05, 3.63) is 26.7 Å². The highest BCUT2D eigenvalue weighted by Gasteiger charge is 2.14. The predicted molar refractivity (Wildman–Crippen MR) is 95.9 cm³/mol. The number of rotatable bonds is 10. The summed E-state index contributed by atoms with van der Waals surface area (Å²) in [6, 6.07) is 0. The number of fused-ring (bicyclic) bond motifs is 1. The summed E-state index contributed by atoms with van der Waals surface area (Å²) in [5, 5.41) is 9.89. The first-order chi connectivity index (χ1) is 12.0. The lowest BCUT2D eigenvalue weighted by molar-refractivity contribution is 0.0303. The molecule has 8 heteroatoms. The summed E-state index contributed by atoms with van der Waals surface area (Å²) in [4.78, 5) is 30.4. The Labute approximate surface area is 146 Å². The molecule has 0 saturated carbocycles. The van der Waals surface area contributed by atoms with E-state index in [0.29, 0.717) is 37.2 Å². The molecule has 0 aliphatic rings. The number of hydrogen-bond acceptors (Lipinski definition) is 5. The smallest absolute Gasteiger partial charge is 0.329 e. The normalized spacial score (nSPS) is 12.8. The molecule has 2 heterocycles. The Hall–Kier alpha value is -1.93. The van der Waals surface area contributed by atoms with Gasteiger partial charge in [0.15, 0.2) is 11.2 Å². The standard InChI is InChI=1S/C17H28N4O4/c1-4-5-10-25-11-12(22)8-6-7-9-13-18-15-14(20(13)2)16(23)19-17(24)21(15)3/h12,22H,4-11H2,1-3H3,(H,19,23,24). The van der Waals surface area contributed by atoms with Gasteiger partial charge in [-0.15, -0.1) is 0 Å². The van der Waals surface area contributed by atoms with Crippen molar-refractivity contribution < 1.29 is 9.84 Å². The first kappa shape index (κ1) is 19.4. The van der Waals surface area contributed by atoms with Gasteiger partial charge in [-0.25, -0.2) is 9.78 Å². The van der Waals surface area contributed by atoms with Gasteiger partial charge in [-0.3, -0.25) is 14.3 Å². The van der Waals surface area contributed by atoms with Crippen LogP contribution >= 0.6 is 0 Å². The van der Waals surface area contributed by atoms with Gasteiger partial charge in [-0.1, -0.05) is 19.8 Å². The van der Waals surface area contributed by atoms with E-state index in [0.717, 1.165) is 31.5 Å². The zero-order chi connectivity index (χ0) is 18.4. The number of hydrogen-bond donors (Lipinski definition) is 2. The summed E-state index contributed by atoms with van der Waals surface area (Å²) < 4.78 is 8.49. The Balaban J connectivity index is 1.89. The first-order valence-electron chi connectivity index (χ1n) is 8.86. The van der Waals surface area contributed by atoms with Crippen molar-refractivity contribution in [3.8, 4) is 0 Å². The minimum Gasteiger partial charge on any atom is -0.391 e. The van der Waals surface area contributed by atoms with Crippen molar-refractivity contribution in [2.75, 3.05) is 13.2 Å². The topological polar surface area (TPSA) is 102 Å². The van der Waals surface area contributed by atoms with Gasteiger partial charge in [0.25, 0.3) is 5.56 Å². The van der Waals surface area contributed by atoms with Gasteiger partial charge in [-0.2, -0.15) is 0 Å². The van der Waals surface area contributed by atoms with Gasteiger partial charge in [-0.05, 0) is 19.3 Å². The van der Waals surface area contributed by atoms with E-state index in [1.54, 1.807) is 18.7 Å². The molecular formula is C17H28N4O4. The summed E-state index contributed by atoms with van der Waals surface area (Å²) >= 11 is 0. The van der Waals surface area contributed by atoms with Crippen LogP contribution in [0.2, 0.25) is 0 Å². The monoisotopic (exact) mass is 352 g/mol. The molecule has 0 amide bonds. The highest BCUT2D eigenvalue weighted by Crippen LogP contribution is 2.12. The number of imidazole rings is 1. The summed E-state index contributed by atoms with van der Waals surface area (Å²) in [5.41, 5.74) is -0.0792. The number of aromatic nitrogens is 4. The molecule has 0 aromatic carbocycles. The largest absolute Gasteiger partial charge is 0.391 e. The number of nitrogens with one attached hydrogen (secondary N) is 1. The van der Waals surface area contributed by atoms with Crippen LogP contribution < -0.4 is 11.2 Å². The van der Waals surface area contributed by atoms with E-state index in [1.807, 2.05) is 0 Å². The number of ether oxygens (including phenoxy) is 1. The van der Waals surface area contributed by atoms with E-state index in [4.69, 9.17) is 4.74 Å². The fourth-order valence-electron chi connectivity index (χ4n) is 2.79.